The summed E-state index contributed by atoms with van der Waals surface area (Å²) in [5.74, 6) is 7.15. The molecule has 98 valence electrons. The number of anilines is 1. The molecule has 0 saturated heterocycles. The molecular formula is C12H25N5. The second kappa shape index (κ2) is 6.02. The van der Waals surface area contributed by atoms with Crippen LogP contribution < -0.4 is 11.3 Å². The lowest BCUT2D eigenvalue weighted by atomic mass is 10.1. The van der Waals surface area contributed by atoms with Crippen LogP contribution in [-0.4, -0.2) is 28.3 Å². The summed E-state index contributed by atoms with van der Waals surface area (Å²) < 4.78 is 1.79. The van der Waals surface area contributed by atoms with E-state index in [1.807, 2.05) is 14.0 Å². The summed E-state index contributed by atoms with van der Waals surface area (Å²) in [6.45, 7) is 8.49. The lowest BCUT2D eigenvalue weighted by molar-refractivity contribution is 0.275. The number of nitrogens with one attached hydrogen (secondary N) is 1. The fourth-order valence-corrected chi connectivity index (χ4v) is 2.07. The average Bonchev–Trinajstić information content (AvgIpc) is 2.53. The Morgan fingerprint density at radius 2 is 2.18 bits per heavy atom. The molecule has 3 N–H and O–H groups in total. The molecule has 1 unspecified atom stereocenters. The minimum Gasteiger partial charge on any atom is -0.308 e. The highest BCUT2D eigenvalue weighted by Gasteiger charge is 2.14. The summed E-state index contributed by atoms with van der Waals surface area (Å²) in [5, 5.41) is 4.38. The van der Waals surface area contributed by atoms with Crippen molar-refractivity contribution in [1.82, 2.24) is 14.7 Å². The maximum atomic E-state index is 5.54. The third-order valence-corrected chi connectivity index (χ3v) is 3.23. The Morgan fingerprint density at radius 3 is 2.71 bits per heavy atom. The van der Waals surface area contributed by atoms with Crippen molar-refractivity contribution in [2.24, 2.45) is 18.8 Å². The predicted octanol–water partition coefficient (Wildman–Crippen LogP) is 1.49. The standard InChI is InChI=1S/C12H25N5/c1-6-9(2)7-16(4)8-11-10(3)15-17(5)12(11)14-13/h9,14H,6-8,13H2,1-5H3. The van der Waals surface area contributed by atoms with Crippen molar-refractivity contribution in [2.45, 2.75) is 33.7 Å². The molecule has 0 fully saturated rings. The van der Waals surface area contributed by atoms with Crippen LogP contribution in [0.4, 0.5) is 5.82 Å². The molecule has 0 radical (unpaired) electrons. The zero-order valence-corrected chi connectivity index (χ0v) is 11.6. The third-order valence-electron chi connectivity index (χ3n) is 3.23. The molecule has 0 spiro atoms. The van der Waals surface area contributed by atoms with E-state index in [-0.39, 0.29) is 0 Å². The van der Waals surface area contributed by atoms with Gasteiger partial charge in [-0.1, -0.05) is 20.3 Å². The van der Waals surface area contributed by atoms with Gasteiger partial charge >= 0.3 is 0 Å². The molecule has 1 atom stereocenters. The van der Waals surface area contributed by atoms with Crippen molar-refractivity contribution in [1.29, 1.82) is 0 Å². The molecule has 0 aromatic carbocycles. The maximum Gasteiger partial charge on any atom is 0.142 e. The van der Waals surface area contributed by atoms with Crippen molar-refractivity contribution >= 4 is 5.82 Å². The van der Waals surface area contributed by atoms with E-state index in [0.29, 0.717) is 5.92 Å². The number of nitrogens with zero attached hydrogens (tertiary/aromatic N) is 3. The fourth-order valence-electron chi connectivity index (χ4n) is 2.07. The van der Waals surface area contributed by atoms with Gasteiger partial charge in [-0.3, -0.25) is 4.68 Å². The van der Waals surface area contributed by atoms with Gasteiger partial charge in [-0.2, -0.15) is 5.10 Å². The van der Waals surface area contributed by atoms with E-state index in [9.17, 15) is 0 Å². The van der Waals surface area contributed by atoms with E-state index < -0.39 is 0 Å². The molecule has 1 heterocycles. The number of hydrazine groups is 1. The number of hydrogen-bond donors (Lipinski definition) is 2. The van der Waals surface area contributed by atoms with Crippen LogP contribution in [0.3, 0.4) is 0 Å². The highest BCUT2D eigenvalue weighted by atomic mass is 15.4. The van der Waals surface area contributed by atoms with Gasteiger partial charge in [-0.15, -0.1) is 0 Å². The molecule has 5 heteroatoms. The number of rotatable bonds is 6. The topological polar surface area (TPSA) is 59.1 Å². The second-order valence-electron chi connectivity index (χ2n) is 4.89. The lowest BCUT2D eigenvalue weighted by Crippen LogP contribution is -2.25. The molecule has 0 amide bonds. The summed E-state index contributed by atoms with van der Waals surface area (Å²) in [5.41, 5.74) is 4.95. The van der Waals surface area contributed by atoms with Gasteiger partial charge in [0, 0.05) is 25.7 Å². The van der Waals surface area contributed by atoms with E-state index >= 15 is 0 Å². The van der Waals surface area contributed by atoms with Gasteiger partial charge in [0.05, 0.1) is 5.69 Å². The second-order valence-corrected chi connectivity index (χ2v) is 4.89. The van der Waals surface area contributed by atoms with Crippen molar-refractivity contribution in [2.75, 3.05) is 19.0 Å². The zero-order valence-electron chi connectivity index (χ0n) is 11.6. The Labute approximate surface area is 104 Å². The van der Waals surface area contributed by atoms with Gasteiger partial charge in [-0.25, -0.2) is 5.84 Å². The predicted molar refractivity (Wildman–Crippen MR) is 71.5 cm³/mol. The Kier molecular flexibility index (Phi) is 4.96. The van der Waals surface area contributed by atoms with E-state index in [0.717, 1.165) is 24.6 Å². The summed E-state index contributed by atoms with van der Waals surface area (Å²) in [6, 6.07) is 0. The lowest BCUT2D eigenvalue weighted by Gasteiger charge is -2.20. The van der Waals surface area contributed by atoms with E-state index in [4.69, 9.17) is 5.84 Å². The minimum absolute atomic E-state index is 0.714. The monoisotopic (exact) mass is 239 g/mol. The van der Waals surface area contributed by atoms with Gasteiger partial charge in [0.25, 0.3) is 0 Å². The van der Waals surface area contributed by atoms with Crippen molar-refractivity contribution in [3.63, 3.8) is 0 Å². The summed E-state index contributed by atoms with van der Waals surface area (Å²) >= 11 is 0. The van der Waals surface area contributed by atoms with Gasteiger partial charge in [0.1, 0.15) is 5.82 Å². The number of nitrogens with two attached hydrogens (primary N) is 1. The number of aryl methyl sites for hydroxylation is 2. The Morgan fingerprint density at radius 1 is 1.53 bits per heavy atom. The molecule has 1 rings (SSSR count). The first-order valence-corrected chi connectivity index (χ1v) is 6.17. The third kappa shape index (κ3) is 3.44. The average molecular weight is 239 g/mol. The van der Waals surface area contributed by atoms with Crippen molar-refractivity contribution in [3.05, 3.63) is 11.3 Å². The largest absolute Gasteiger partial charge is 0.308 e. The summed E-state index contributed by atoms with van der Waals surface area (Å²) in [7, 11) is 4.04. The number of aromatic nitrogens is 2. The molecule has 0 aliphatic heterocycles. The van der Waals surface area contributed by atoms with Crippen LogP contribution in [0.25, 0.3) is 0 Å². The quantitative estimate of drug-likeness (QED) is 0.583. The Balaban J connectivity index is 2.73. The van der Waals surface area contributed by atoms with E-state index in [2.05, 4.69) is 36.3 Å². The summed E-state index contributed by atoms with van der Waals surface area (Å²) in [6.07, 6.45) is 1.21. The maximum absolute atomic E-state index is 5.54. The fraction of sp³-hybridized carbons (Fsp3) is 0.750. The summed E-state index contributed by atoms with van der Waals surface area (Å²) in [4.78, 5) is 2.32. The van der Waals surface area contributed by atoms with E-state index in [1.54, 1.807) is 4.68 Å². The first kappa shape index (κ1) is 14.0. The first-order valence-electron chi connectivity index (χ1n) is 6.17. The smallest absolute Gasteiger partial charge is 0.142 e. The highest BCUT2D eigenvalue weighted by Crippen LogP contribution is 2.19. The van der Waals surface area contributed by atoms with Gasteiger partial charge < -0.3 is 10.3 Å². The van der Waals surface area contributed by atoms with Crippen molar-refractivity contribution in [3.8, 4) is 0 Å². The Hall–Kier alpha value is -1.07. The zero-order chi connectivity index (χ0) is 13.0. The van der Waals surface area contributed by atoms with Gasteiger partial charge in [-0.05, 0) is 19.9 Å². The number of hydrogen-bond acceptors (Lipinski definition) is 4. The molecule has 1 aromatic rings. The van der Waals surface area contributed by atoms with Crippen molar-refractivity contribution < 1.29 is 0 Å². The van der Waals surface area contributed by atoms with Crippen LogP contribution in [-0.2, 0) is 13.6 Å². The van der Waals surface area contributed by atoms with Crippen LogP contribution in [0, 0.1) is 12.8 Å². The minimum atomic E-state index is 0.714. The van der Waals surface area contributed by atoms with E-state index in [1.165, 1.54) is 12.0 Å². The molecule has 0 bridgehead atoms. The van der Waals surface area contributed by atoms with Gasteiger partial charge in [0.2, 0.25) is 0 Å². The normalized spacial score (nSPS) is 13.1. The SMILES string of the molecule is CCC(C)CN(C)Cc1c(C)nn(C)c1NN. The van der Waals surface area contributed by atoms with Crippen LogP contribution in [0.5, 0.6) is 0 Å². The molecule has 0 saturated carbocycles. The highest BCUT2D eigenvalue weighted by molar-refractivity contribution is 5.46. The molecule has 5 nitrogen and oxygen atoms in total. The van der Waals surface area contributed by atoms with Gasteiger partial charge in [0.15, 0.2) is 0 Å². The Bertz CT molecular complexity index is 358. The molecule has 17 heavy (non-hydrogen) atoms. The molecular weight excluding hydrogens is 214 g/mol. The first-order chi connectivity index (χ1) is 7.99. The van der Waals surface area contributed by atoms with Crippen LogP contribution >= 0.6 is 0 Å². The molecule has 1 aromatic heterocycles. The number of nitrogen functional groups attached to an aromatic ring is 1. The van der Waals surface area contributed by atoms with Crippen LogP contribution in [0.2, 0.25) is 0 Å². The van der Waals surface area contributed by atoms with Crippen LogP contribution in [0.1, 0.15) is 31.5 Å². The van der Waals surface area contributed by atoms with Crippen LogP contribution in [0.15, 0.2) is 0 Å². The molecule has 0 aliphatic carbocycles. The molecule has 0 aliphatic rings.